The molecule has 0 aromatic heterocycles. The molecule has 1 heterocycles. The Balaban J connectivity index is 2.44. The highest BCUT2D eigenvalue weighted by atomic mass is 79.9. The third kappa shape index (κ3) is 3.59. The zero-order valence-electron chi connectivity index (χ0n) is 11.6. The second kappa shape index (κ2) is 6.24. The van der Waals surface area contributed by atoms with Gasteiger partial charge in [0.05, 0.1) is 17.5 Å². The maximum Gasteiger partial charge on any atom is 0.261 e. The fourth-order valence-electron chi connectivity index (χ4n) is 2.31. The Bertz CT molecular complexity index is 671. The van der Waals surface area contributed by atoms with E-state index in [1.165, 1.54) is 6.07 Å². The van der Waals surface area contributed by atoms with Crippen molar-refractivity contribution in [3.8, 4) is 0 Å². The molecule has 5 nitrogen and oxygen atoms in total. The van der Waals surface area contributed by atoms with Crippen molar-refractivity contribution in [1.82, 2.24) is 4.90 Å². The largest absolute Gasteiger partial charge is 0.379 e. The second-order valence-corrected chi connectivity index (χ2v) is 8.40. The number of carbonyl (C=O) groups is 1. The van der Waals surface area contributed by atoms with Crippen LogP contribution in [0.25, 0.3) is 0 Å². The van der Waals surface area contributed by atoms with Gasteiger partial charge in [0.15, 0.2) is 0 Å². The van der Waals surface area contributed by atoms with Crippen molar-refractivity contribution in [3.63, 3.8) is 0 Å². The van der Waals surface area contributed by atoms with Crippen LogP contribution < -0.4 is 0 Å². The summed E-state index contributed by atoms with van der Waals surface area (Å²) in [6.07, 6.45) is 0.774. The van der Waals surface area contributed by atoms with Gasteiger partial charge in [-0.1, -0.05) is 15.9 Å². The normalized spacial score (nSPS) is 18.8. The summed E-state index contributed by atoms with van der Waals surface area (Å²) in [5.41, 5.74) is 0.668. The third-order valence-electron chi connectivity index (χ3n) is 3.59. The lowest BCUT2D eigenvalue weighted by Crippen LogP contribution is -2.37. The van der Waals surface area contributed by atoms with Crippen molar-refractivity contribution in [2.24, 2.45) is 0 Å². The summed E-state index contributed by atoms with van der Waals surface area (Å²) in [4.78, 5) is 14.1. The number of benzene rings is 1. The van der Waals surface area contributed by atoms with Gasteiger partial charge in [0.2, 0.25) is 0 Å². The lowest BCUT2D eigenvalue weighted by molar-refractivity contribution is 0.0710. The van der Waals surface area contributed by atoms with Crippen molar-refractivity contribution in [1.29, 1.82) is 0 Å². The molecule has 8 heteroatoms. The molecule has 0 bridgehead atoms. The molecule has 0 spiro atoms. The number of carbonyl (C=O) groups excluding carboxylic acids is 1. The highest BCUT2D eigenvalue weighted by Crippen LogP contribution is 2.28. The standard InChI is InChI=1S/C13H15BrClNO4S/c1-8-11(5-9(14)6-12(8)21(15,18)19)13(17)16(2)10-3-4-20-7-10/h5-6,10H,3-4,7H2,1-2H3. The van der Waals surface area contributed by atoms with Crippen molar-refractivity contribution < 1.29 is 17.9 Å². The molecule has 1 amide bonds. The topological polar surface area (TPSA) is 63.7 Å². The fraction of sp³-hybridized carbons (Fsp3) is 0.462. The molecule has 1 fully saturated rings. The summed E-state index contributed by atoms with van der Waals surface area (Å²) in [7, 11) is 3.21. The van der Waals surface area contributed by atoms with Crippen molar-refractivity contribution in [3.05, 3.63) is 27.7 Å². The summed E-state index contributed by atoms with van der Waals surface area (Å²) in [6, 6.07) is 3.01. The maximum atomic E-state index is 12.6. The molecule has 1 aromatic carbocycles. The quantitative estimate of drug-likeness (QED) is 0.737. The molecule has 2 rings (SSSR count). The summed E-state index contributed by atoms with van der Waals surface area (Å²) in [5.74, 6) is -0.245. The van der Waals surface area contributed by atoms with Crippen LogP contribution in [0.1, 0.15) is 22.3 Å². The summed E-state index contributed by atoms with van der Waals surface area (Å²) < 4.78 is 29.0. The number of hydrogen-bond donors (Lipinski definition) is 0. The molecule has 0 saturated carbocycles. The van der Waals surface area contributed by atoms with Crippen LogP contribution in [-0.4, -0.2) is 45.5 Å². The molecule has 0 N–H and O–H groups in total. The Morgan fingerprint density at radius 3 is 2.67 bits per heavy atom. The first-order valence-corrected chi connectivity index (χ1v) is 9.41. The number of nitrogens with zero attached hydrogens (tertiary/aromatic N) is 1. The van der Waals surface area contributed by atoms with Gasteiger partial charge in [0.1, 0.15) is 0 Å². The molecule has 0 aliphatic carbocycles. The third-order valence-corrected chi connectivity index (χ3v) is 5.50. The number of likely N-dealkylation sites (N-methyl/N-ethyl adjacent to an activating group) is 1. The van der Waals surface area contributed by atoms with Gasteiger partial charge >= 0.3 is 0 Å². The SMILES string of the molecule is Cc1c(C(=O)N(C)C2CCOC2)cc(Br)cc1S(=O)(=O)Cl. The average Bonchev–Trinajstić information content (AvgIpc) is 2.92. The van der Waals surface area contributed by atoms with Crippen LogP contribution in [0.5, 0.6) is 0 Å². The predicted molar refractivity (Wildman–Crippen MR) is 83.2 cm³/mol. The fourth-order valence-corrected chi connectivity index (χ4v) is 4.15. The van der Waals surface area contributed by atoms with Gasteiger partial charge in [-0.3, -0.25) is 4.79 Å². The highest BCUT2D eigenvalue weighted by Gasteiger charge is 2.28. The minimum Gasteiger partial charge on any atom is -0.379 e. The van der Waals surface area contributed by atoms with Crippen LogP contribution in [0.15, 0.2) is 21.5 Å². The van der Waals surface area contributed by atoms with Crippen LogP contribution >= 0.6 is 26.6 Å². The highest BCUT2D eigenvalue weighted by molar-refractivity contribution is 9.10. The number of hydrogen-bond acceptors (Lipinski definition) is 4. The van der Waals surface area contributed by atoms with Gasteiger partial charge in [0.25, 0.3) is 15.0 Å². The first kappa shape index (κ1) is 16.7. The molecule has 1 unspecified atom stereocenters. The lowest BCUT2D eigenvalue weighted by atomic mass is 10.1. The minimum absolute atomic E-state index is 0.00643. The summed E-state index contributed by atoms with van der Waals surface area (Å²) in [5, 5.41) is 0. The van der Waals surface area contributed by atoms with E-state index in [9.17, 15) is 13.2 Å². The van der Waals surface area contributed by atoms with Crippen molar-refractivity contribution in [2.75, 3.05) is 20.3 Å². The lowest BCUT2D eigenvalue weighted by Gasteiger charge is -2.24. The Labute approximate surface area is 136 Å². The van der Waals surface area contributed by atoms with Crippen LogP contribution in [-0.2, 0) is 13.8 Å². The molecule has 1 saturated heterocycles. The van der Waals surface area contributed by atoms with E-state index in [2.05, 4.69) is 15.9 Å². The van der Waals surface area contributed by atoms with E-state index in [-0.39, 0.29) is 16.8 Å². The van der Waals surface area contributed by atoms with Crippen LogP contribution in [0.3, 0.4) is 0 Å². The van der Waals surface area contributed by atoms with E-state index in [1.807, 2.05) is 0 Å². The molecule has 1 atom stereocenters. The molecule has 21 heavy (non-hydrogen) atoms. The number of ether oxygens (including phenoxy) is 1. The number of amides is 1. The predicted octanol–water partition coefficient (Wildman–Crippen LogP) is 2.55. The monoisotopic (exact) mass is 395 g/mol. The van der Waals surface area contributed by atoms with Gasteiger partial charge < -0.3 is 9.64 Å². The molecule has 116 valence electrons. The zero-order chi connectivity index (χ0) is 15.8. The first-order chi connectivity index (χ1) is 9.71. The van der Waals surface area contributed by atoms with Crippen LogP contribution in [0.4, 0.5) is 0 Å². The Kier molecular flexibility index (Phi) is 4.97. The smallest absolute Gasteiger partial charge is 0.261 e. The zero-order valence-corrected chi connectivity index (χ0v) is 14.8. The Hall–Kier alpha value is -0.630. The summed E-state index contributed by atoms with van der Waals surface area (Å²) in [6.45, 7) is 2.70. The minimum atomic E-state index is -3.91. The van der Waals surface area contributed by atoms with Gasteiger partial charge in [-0.2, -0.15) is 0 Å². The van der Waals surface area contributed by atoms with Crippen molar-refractivity contribution >= 4 is 41.6 Å². The van der Waals surface area contributed by atoms with Gasteiger partial charge in [0, 0.05) is 34.4 Å². The average molecular weight is 397 g/mol. The van der Waals surface area contributed by atoms with E-state index in [4.69, 9.17) is 15.4 Å². The van der Waals surface area contributed by atoms with Crippen molar-refractivity contribution in [2.45, 2.75) is 24.3 Å². The van der Waals surface area contributed by atoms with E-state index in [0.717, 1.165) is 6.42 Å². The Morgan fingerprint density at radius 2 is 2.14 bits per heavy atom. The summed E-state index contributed by atoms with van der Waals surface area (Å²) >= 11 is 3.22. The van der Waals surface area contributed by atoms with E-state index in [1.54, 1.807) is 24.9 Å². The molecular formula is C13H15BrClNO4S. The number of rotatable bonds is 3. The Morgan fingerprint density at radius 1 is 1.48 bits per heavy atom. The molecule has 1 aliphatic rings. The van der Waals surface area contributed by atoms with E-state index in [0.29, 0.717) is 28.8 Å². The maximum absolute atomic E-state index is 12.6. The second-order valence-electron chi connectivity index (χ2n) is 4.95. The van der Waals surface area contributed by atoms with Gasteiger partial charge in [-0.05, 0) is 31.0 Å². The van der Waals surface area contributed by atoms with Crippen LogP contribution in [0.2, 0.25) is 0 Å². The first-order valence-electron chi connectivity index (χ1n) is 6.31. The van der Waals surface area contributed by atoms with E-state index >= 15 is 0 Å². The van der Waals surface area contributed by atoms with Crippen LogP contribution in [0, 0.1) is 6.92 Å². The van der Waals surface area contributed by atoms with Gasteiger partial charge in [-0.15, -0.1) is 0 Å². The molecule has 1 aromatic rings. The molecular weight excluding hydrogens is 382 g/mol. The van der Waals surface area contributed by atoms with E-state index < -0.39 is 9.05 Å². The molecule has 1 aliphatic heterocycles. The molecule has 0 radical (unpaired) electrons. The van der Waals surface area contributed by atoms with Gasteiger partial charge in [-0.25, -0.2) is 8.42 Å². The number of halogens is 2.